The summed E-state index contributed by atoms with van der Waals surface area (Å²) in [6.07, 6.45) is 0. The van der Waals surface area contributed by atoms with Crippen molar-refractivity contribution in [2.75, 3.05) is 11.5 Å². The summed E-state index contributed by atoms with van der Waals surface area (Å²) in [4.78, 5) is 0. The summed E-state index contributed by atoms with van der Waals surface area (Å²) < 4.78 is 27.1. The number of benzene rings is 1. The van der Waals surface area contributed by atoms with Gasteiger partial charge in [-0.3, -0.25) is 11.3 Å². The second-order valence-corrected chi connectivity index (χ2v) is 5.36. The lowest BCUT2D eigenvalue weighted by Crippen LogP contribution is -2.31. The van der Waals surface area contributed by atoms with Crippen LogP contribution in [0.25, 0.3) is 0 Å². The van der Waals surface area contributed by atoms with Crippen LogP contribution in [-0.4, -0.2) is 11.5 Å². The Bertz CT molecular complexity index is 338. The van der Waals surface area contributed by atoms with Crippen LogP contribution in [0.15, 0.2) is 18.2 Å². The van der Waals surface area contributed by atoms with Crippen LogP contribution in [-0.2, 0) is 0 Å². The average molecular weight is 260 g/mol. The van der Waals surface area contributed by atoms with Crippen molar-refractivity contribution >= 4 is 11.8 Å². The summed E-state index contributed by atoms with van der Waals surface area (Å²) in [5.41, 5.74) is 2.49. The number of hydrazine groups is 1. The highest BCUT2D eigenvalue weighted by atomic mass is 32.2. The highest BCUT2D eigenvalue weighted by molar-refractivity contribution is 7.99. The topological polar surface area (TPSA) is 38.0 Å². The molecule has 0 aliphatic heterocycles. The van der Waals surface area contributed by atoms with Gasteiger partial charge in [-0.05, 0) is 23.8 Å². The van der Waals surface area contributed by atoms with Crippen LogP contribution in [0, 0.1) is 17.6 Å². The smallest absolute Gasteiger partial charge is 0.130 e. The van der Waals surface area contributed by atoms with E-state index in [0.29, 0.717) is 11.7 Å². The fraction of sp³-hybridized carbons (Fsp3) is 0.500. The van der Waals surface area contributed by atoms with Crippen molar-refractivity contribution in [1.29, 1.82) is 0 Å². The van der Waals surface area contributed by atoms with Crippen LogP contribution in [0.4, 0.5) is 8.78 Å². The lowest BCUT2D eigenvalue weighted by Gasteiger charge is -2.17. The quantitative estimate of drug-likeness (QED) is 0.610. The monoisotopic (exact) mass is 260 g/mol. The third kappa shape index (κ3) is 4.26. The molecule has 0 radical (unpaired) electrons. The molecule has 0 amide bonds. The van der Waals surface area contributed by atoms with E-state index in [1.165, 1.54) is 18.2 Å². The number of nitrogens with one attached hydrogen (secondary N) is 1. The zero-order valence-corrected chi connectivity index (χ0v) is 10.9. The third-order valence-electron chi connectivity index (χ3n) is 2.29. The largest absolute Gasteiger partial charge is 0.271 e. The van der Waals surface area contributed by atoms with Crippen molar-refractivity contribution in [3.05, 3.63) is 35.4 Å². The molecule has 0 bridgehead atoms. The fourth-order valence-electron chi connectivity index (χ4n) is 1.48. The first-order chi connectivity index (χ1) is 8.06. The second-order valence-electron chi connectivity index (χ2n) is 4.29. The molecule has 0 aliphatic rings. The molecule has 0 saturated carbocycles. The molecule has 96 valence electrons. The fourth-order valence-corrected chi connectivity index (χ4v) is 2.59. The average Bonchev–Trinajstić information content (AvgIpc) is 2.26. The summed E-state index contributed by atoms with van der Waals surface area (Å²) >= 11 is 1.63. The summed E-state index contributed by atoms with van der Waals surface area (Å²) in [6.45, 7) is 4.20. The molecular weight excluding hydrogens is 242 g/mol. The Morgan fingerprint density at radius 2 is 1.82 bits per heavy atom. The molecule has 0 aliphatic carbocycles. The third-order valence-corrected chi connectivity index (χ3v) is 3.76. The highest BCUT2D eigenvalue weighted by Gasteiger charge is 2.18. The SMILES string of the molecule is CC(C)CSCC(NN)c1c(F)cccc1F. The predicted molar refractivity (Wildman–Crippen MR) is 68.6 cm³/mol. The molecule has 1 rings (SSSR count). The van der Waals surface area contributed by atoms with Crippen LogP contribution >= 0.6 is 11.8 Å². The number of hydrogen-bond donors (Lipinski definition) is 2. The summed E-state index contributed by atoms with van der Waals surface area (Å²) in [6, 6.07) is 3.34. The van der Waals surface area contributed by atoms with E-state index < -0.39 is 17.7 Å². The van der Waals surface area contributed by atoms with Crippen LogP contribution in [0.3, 0.4) is 0 Å². The standard InChI is InChI=1S/C12H18F2N2S/c1-8(2)6-17-7-11(16-15)12-9(13)4-3-5-10(12)14/h3-5,8,11,16H,6-7,15H2,1-2H3. The van der Waals surface area contributed by atoms with E-state index in [4.69, 9.17) is 5.84 Å². The van der Waals surface area contributed by atoms with Gasteiger partial charge in [0, 0.05) is 11.3 Å². The van der Waals surface area contributed by atoms with Gasteiger partial charge in [-0.25, -0.2) is 8.78 Å². The molecule has 1 atom stereocenters. The maximum absolute atomic E-state index is 13.5. The zero-order chi connectivity index (χ0) is 12.8. The molecule has 0 saturated heterocycles. The van der Waals surface area contributed by atoms with Gasteiger partial charge in [0.1, 0.15) is 11.6 Å². The van der Waals surface area contributed by atoms with Gasteiger partial charge >= 0.3 is 0 Å². The van der Waals surface area contributed by atoms with Crippen LogP contribution in [0.5, 0.6) is 0 Å². The molecule has 0 fully saturated rings. The van der Waals surface area contributed by atoms with Crippen molar-refractivity contribution in [2.24, 2.45) is 11.8 Å². The Morgan fingerprint density at radius 1 is 1.24 bits per heavy atom. The van der Waals surface area contributed by atoms with Gasteiger partial charge in [-0.1, -0.05) is 19.9 Å². The van der Waals surface area contributed by atoms with E-state index in [2.05, 4.69) is 19.3 Å². The van der Waals surface area contributed by atoms with Crippen molar-refractivity contribution in [3.63, 3.8) is 0 Å². The van der Waals surface area contributed by atoms with E-state index in [-0.39, 0.29) is 5.56 Å². The van der Waals surface area contributed by atoms with Gasteiger partial charge in [0.2, 0.25) is 0 Å². The molecule has 1 unspecified atom stereocenters. The summed E-state index contributed by atoms with van der Waals surface area (Å²) in [7, 11) is 0. The Hall–Kier alpha value is -0.650. The first-order valence-electron chi connectivity index (χ1n) is 5.54. The van der Waals surface area contributed by atoms with E-state index in [9.17, 15) is 8.78 Å². The summed E-state index contributed by atoms with van der Waals surface area (Å²) in [5, 5.41) is 0. The lowest BCUT2D eigenvalue weighted by atomic mass is 10.1. The minimum atomic E-state index is -0.557. The number of nitrogens with two attached hydrogens (primary N) is 1. The number of hydrogen-bond acceptors (Lipinski definition) is 3. The predicted octanol–water partition coefficient (Wildman–Crippen LogP) is 2.86. The van der Waals surface area contributed by atoms with Crippen molar-refractivity contribution in [1.82, 2.24) is 5.43 Å². The molecular formula is C12H18F2N2S. The Balaban J connectivity index is 2.72. The molecule has 5 heteroatoms. The molecule has 17 heavy (non-hydrogen) atoms. The molecule has 0 heterocycles. The zero-order valence-electron chi connectivity index (χ0n) is 10.0. The first kappa shape index (κ1) is 14.4. The van der Waals surface area contributed by atoms with Gasteiger partial charge in [-0.15, -0.1) is 0 Å². The molecule has 1 aromatic rings. The van der Waals surface area contributed by atoms with E-state index in [0.717, 1.165) is 5.75 Å². The van der Waals surface area contributed by atoms with Gasteiger partial charge in [0.25, 0.3) is 0 Å². The molecule has 0 aromatic heterocycles. The van der Waals surface area contributed by atoms with E-state index in [1.807, 2.05) is 0 Å². The summed E-state index contributed by atoms with van der Waals surface area (Å²) in [5.74, 6) is 6.28. The van der Waals surface area contributed by atoms with Crippen molar-refractivity contribution in [3.8, 4) is 0 Å². The second kappa shape index (κ2) is 6.93. The normalized spacial score (nSPS) is 13.1. The molecule has 1 aromatic carbocycles. The minimum absolute atomic E-state index is 0.0197. The molecule has 0 spiro atoms. The van der Waals surface area contributed by atoms with Gasteiger partial charge in [-0.2, -0.15) is 11.8 Å². The van der Waals surface area contributed by atoms with Crippen LogP contribution in [0.1, 0.15) is 25.5 Å². The Morgan fingerprint density at radius 3 is 2.29 bits per heavy atom. The first-order valence-corrected chi connectivity index (χ1v) is 6.69. The van der Waals surface area contributed by atoms with Gasteiger partial charge < -0.3 is 0 Å². The minimum Gasteiger partial charge on any atom is -0.271 e. The Kier molecular flexibility index (Phi) is 5.88. The van der Waals surface area contributed by atoms with Crippen molar-refractivity contribution < 1.29 is 8.78 Å². The van der Waals surface area contributed by atoms with E-state index in [1.54, 1.807) is 11.8 Å². The number of thioether (sulfide) groups is 1. The van der Waals surface area contributed by atoms with Gasteiger partial charge in [0.15, 0.2) is 0 Å². The van der Waals surface area contributed by atoms with Crippen molar-refractivity contribution in [2.45, 2.75) is 19.9 Å². The maximum Gasteiger partial charge on any atom is 0.130 e. The lowest BCUT2D eigenvalue weighted by molar-refractivity contribution is 0.499. The maximum atomic E-state index is 13.5. The van der Waals surface area contributed by atoms with E-state index >= 15 is 0 Å². The number of halogens is 2. The molecule has 3 N–H and O–H groups in total. The van der Waals surface area contributed by atoms with Crippen LogP contribution < -0.4 is 11.3 Å². The Labute approximate surface area is 105 Å². The van der Waals surface area contributed by atoms with Gasteiger partial charge in [0.05, 0.1) is 6.04 Å². The number of rotatable bonds is 6. The molecule has 2 nitrogen and oxygen atoms in total. The highest BCUT2D eigenvalue weighted by Crippen LogP contribution is 2.24. The van der Waals surface area contributed by atoms with Crippen LogP contribution in [0.2, 0.25) is 0 Å².